The van der Waals surface area contributed by atoms with Crippen LogP contribution in [0.1, 0.15) is 26.3 Å². The van der Waals surface area contributed by atoms with Crippen LogP contribution in [0.2, 0.25) is 5.02 Å². The number of likely N-dealkylation sites (tertiary alicyclic amines) is 1. The van der Waals surface area contributed by atoms with Gasteiger partial charge in [-0.05, 0) is 45.4 Å². The molecule has 4 heterocycles. The number of piperazine rings is 1. The average molecular weight is 610 g/mol. The molecule has 12 heteroatoms. The lowest BCUT2D eigenvalue weighted by atomic mass is 9.96. The molecule has 0 aliphatic carbocycles. The van der Waals surface area contributed by atoms with Crippen LogP contribution in [-0.2, 0) is 4.79 Å². The van der Waals surface area contributed by atoms with Gasteiger partial charge in [-0.25, -0.2) is 8.78 Å². The number of nitrogens with one attached hydrogen (secondary N) is 1. The summed E-state index contributed by atoms with van der Waals surface area (Å²) in [5, 5.41) is 8.59. The van der Waals surface area contributed by atoms with E-state index in [2.05, 4.69) is 21.8 Å². The first kappa shape index (κ1) is 29.3. The van der Waals surface area contributed by atoms with Gasteiger partial charge in [0.25, 0.3) is 0 Å². The van der Waals surface area contributed by atoms with Gasteiger partial charge < -0.3 is 14.5 Å². The van der Waals surface area contributed by atoms with Crippen LogP contribution in [0.15, 0.2) is 37.1 Å². The van der Waals surface area contributed by atoms with E-state index in [1.54, 1.807) is 24.1 Å². The number of fused-ring (bicyclic) bond motifs is 2. The second-order valence-corrected chi connectivity index (χ2v) is 12.3. The standard InChI is InChI=1S/C31H34ClF2N7O2/c1-6-23(42)40-13-19(4)41(14-18(40)3)29-21-11-22(32)25(24-17(2)7-8-20-12-35-38-27(20)24)26(33)28(21)36-30(37-29)43-10-9-39-15-31(5,34)16-39/h6-8,11-12,18-19H,1,9-10,13-16H2,2-5H3,(H,35,38)/t18-,19+/m1/s1. The molecule has 2 atom stereocenters. The van der Waals surface area contributed by atoms with Crippen molar-refractivity contribution in [2.75, 3.05) is 44.2 Å². The number of hydrogen-bond donors (Lipinski definition) is 1. The SMILES string of the molecule is C=CC(=O)N1C[C@H](C)N(c2nc(OCCN3CC(C)(F)C3)nc3c(F)c(-c4c(C)ccc5cn[nH]c45)c(Cl)cc23)C[C@H]1C. The number of ether oxygens (including phenoxy) is 1. The number of benzene rings is 2. The van der Waals surface area contributed by atoms with Gasteiger partial charge in [-0.3, -0.25) is 14.8 Å². The van der Waals surface area contributed by atoms with E-state index in [1.807, 2.05) is 42.7 Å². The molecule has 2 aliphatic rings. The molecule has 1 amide bonds. The topological polar surface area (TPSA) is 90.5 Å². The fraction of sp³-hybridized carbons (Fsp3) is 0.419. The van der Waals surface area contributed by atoms with Crippen molar-refractivity contribution in [2.24, 2.45) is 0 Å². The summed E-state index contributed by atoms with van der Waals surface area (Å²) < 4.78 is 36.7. The van der Waals surface area contributed by atoms with E-state index in [9.17, 15) is 9.18 Å². The minimum absolute atomic E-state index is 0.0131. The number of anilines is 1. The van der Waals surface area contributed by atoms with E-state index in [4.69, 9.17) is 21.3 Å². The van der Waals surface area contributed by atoms with Crippen molar-refractivity contribution in [1.82, 2.24) is 30.0 Å². The van der Waals surface area contributed by atoms with Gasteiger partial charge >= 0.3 is 6.01 Å². The zero-order valence-corrected chi connectivity index (χ0v) is 25.4. The molecule has 2 aromatic heterocycles. The minimum Gasteiger partial charge on any atom is -0.462 e. The monoisotopic (exact) mass is 609 g/mol. The van der Waals surface area contributed by atoms with Gasteiger partial charge in [-0.1, -0.05) is 30.3 Å². The number of aryl methyl sites for hydroxylation is 1. The van der Waals surface area contributed by atoms with Gasteiger partial charge in [-0.15, -0.1) is 0 Å². The van der Waals surface area contributed by atoms with Crippen LogP contribution >= 0.6 is 11.6 Å². The maximum atomic E-state index is 16.7. The van der Waals surface area contributed by atoms with E-state index < -0.39 is 11.5 Å². The van der Waals surface area contributed by atoms with Crippen LogP contribution in [0.25, 0.3) is 32.9 Å². The fourth-order valence-electron chi connectivity index (χ4n) is 6.27. The summed E-state index contributed by atoms with van der Waals surface area (Å²) in [6, 6.07) is 5.22. The zero-order chi connectivity index (χ0) is 30.6. The lowest BCUT2D eigenvalue weighted by Gasteiger charge is -2.44. The molecule has 9 nitrogen and oxygen atoms in total. The average Bonchev–Trinajstić information content (AvgIpc) is 3.43. The first-order valence-corrected chi connectivity index (χ1v) is 14.7. The summed E-state index contributed by atoms with van der Waals surface area (Å²) in [7, 11) is 0. The largest absolute Gasteiger partial charge is 0.462 e. The highest BCUT2D eigenvalue weighted by Gasteiger charge is 2.38. The lowest BCUT2D eigenvalue weighted by Crippen LogP contribution is -2.58. The van der Waals surface area contributed by atoms with Crippen LogP contribution < -0.4 is 9.64 Å². The molecule has 43 heavy (non-hydrogen) atoms. The molecule has 4 aromatic rings. The predicted octanol–water partition coefficient (Wildman–Crippen LogP) is 5.31. The number of aromatic amines is 1. The predicted molar refractivity (Wildman–Crippen MR) is 164 cm³/mol. The van der Waals surface area contributed by atoms with Crippen molar-refractivity contribution < 1.29 is 18.3 Å². The Morgan fingerprint density at radius 3 is 2.72 bits per heavy atom. The van der Waals surface area contributed by atoms with Gasteiger partial charge in [-0.2, -0.15) is 15.1 Å². The molecule has 0 bridgehead atoms. The summed E-state index contributed by atoms with van der Waals surface area (Å²) in [5.74, 6) is -0.277. The van der Waals surface area contributed by atoms with Crippen molar-refractivity contribution in [1.29, 1.82) is 0 Å². The van der Waals surface area contributed by atoms with Crippen molar-refractivity contribution >= 4 is 45.1 Å². The van der Waals surface area contributed by atoms with Crippen LogP contribution in [0, 0.1) is 12.7 Å². The Balaban J connectivity index is 1.45. The van der Waals surface area contributed by atoms with E-state index in [0.29, 0.717) is 55.0 Å². The van der Waals surface area contributed by atoms with Crippen molar-refractivity contribution in [2.45, 2.75) is 45.4 Å². The number of rotatable bonds is 7. The zero-order valence-electron chi connectivity index (χ0n) is 24.6. The molecule has 0 spiro atoms. The number of nitrogens with zero attached hydrogens (tertiary/aromatic N) is 6. The van der Waals surface area contributed by atoms with Gasteiger partial charge in [0.15, 0.2) is 5.82 Å². The molecular formula is C31H34ClF2N7O2. The summed E-state index contributed by atoms with van der Waals surface area (Å²) in [5.41, 5.74) is 1.19. The van der Waals surface area contributed by atoms with Crippen LogP contribution in [0.5, 0.6) is 6.01 Å². The third-order valence-electron chi connectivity index (χ3n) is 8.38. The number of hydrogen-bond acceptors (Lipinski definition) is 7. The Hall–Kier alpha value is -3.83. The Bertz CT molecular complexity index is 1730. The van der Waals surface area contributed by atoms with Crippen LogP contribution in [-0.4, -0.2) is 93.0 Å². The first-order valence-electron chi connectivity index (χ1n) is 14.3. The third kappa shape index (κ3) is 5.29. The minimum atomic E-state index is -1.19. The summed E-state index contributed by atoms with van der Waals surface area (Å²) in [6.07, 6.45) is 2.99. The van der Waals surface area contributed by atoms with E-state index in [1.165, 1.54) is 6.08 Å². The Morgan fingerprint density at radius 2 is 2.00 bits per heavy atom. The van der Waals surface area contributed by atoms with Crippen LogP contribution in [0.4, 0.5) is 14.6 Å². The first-order chi connectivity index (χ1) is 20.5. The van der Waals surface area contributed by atoms with E-state index >= 15 is 4.39 Å². The van der Waals surface area contributed by atoms with Crippen molar-refractivity contribution in [3.8, 4) is 17.1 Å². The Kier molecular flexibility index (Phi) is 7.50. The highest BCUT2D eigenvalue weighted by Crippen LogP contribution is 2.42. The van der Waals surface area contributed by atoms with Gasteiger partial charge in [0.1, 0.15) is 23.6 Å². The van der Waals surface area contributed by atoms with Crippen molar-refractivity contribution in [3.05, 3.63) is 53.5 Å². The molecule has 0 radical (unpaired) electrons. The van der Waals surface area contributed by atoms with Gasteiger partial charge in [0, 0.05) is 66.7 Å². The lowest BCUT2D eigenvalue weighted by molar-refractivity contribution is -0.128. The summed E-state index contributed by atoms with van der Waals surface area (Å²) in [4.78, 5) is 27.5. The third-order valence-corrected chi connectivity index (χ3v) is 8.68. The second-order valence-electron chi connectivity index (χ2n) is 11.9. The molecule has 2 saturated heterocycles. The molecule has 1 N–H and O–H groups in total. The number of carbonyl (C=O) groups excluding carboxylic acids is 1. The smallest absolute Gasteiger partial charge is 0.319 e. The molecule has 6 rings (SSSR count). The quantitative estimate of drug-likeness (QED) is 0.284. The number of amides is 1. The number of alkyl halides is 1. The normalized spacial score (nSPS) is 20.4. The summed E-state index contributed by atoms with van der Waals surface area (Å²) >= 11 is 6.87. The Labute approximate surface area is 253 Å². The number of carbonyl (C=O) groups is 1. The summed E-state index contributed by atoms with van der Waals surface area (Å²) in [6.45, 7) is 13.3. The van der Waals surface area contributed by atoms with E-state index in [0.717, 1.165) is 10.9 Å². The van der Waals surface area contributed by atoms with Crippen molar-refractivity contribution in [3.63, 3.8) is 0 Å². The Morgan fingerprint density at radius 1 is 1.23 bits per heavy atom. The molecule has 0 saturated carbocycles. The molecule has 2 aliphatic heterocycles. The van der Waals surface area contributed by atoms with Gasteiger partial charge in [0.05, 0.1) is 16.7 Å². The van der Waals surface area contributed by atoms with E-state index in [-0.39, 0.29) is 46.7 Å². The number of halogens is 3. The van der Waals surface area contributed by atoms with Crippen LogP contribution in [0.3, 0.4) is 0 Å². The molecule has 0 unspecified atom stereocenters. The highest BCUT2D eigenvalue weighted by molar-refractivity contribution is 6.35. The maximum Gasteiger partial charge on any atom is 0.319 e. The number of aromatic nitrogens is 4. The van der Waals surface area contributed by atoms with Gasteiger partial charge in [0.2, 0.25) is 5.91 Å². The fourth-order valence-corrected chi connectivity index (χ4v) is 6.55. The molecule has 2 aromatic carbocycles. The maximum absolute atomic E-state index is 16.7. The second kappa shape index (κ2) is 11.0. The molecular weight excluding hydrogens is 576 g/mol. The molecule has 226 valence electrons. The molecule has 2 fully saturated rings. The number of H-pyrrole nitrogens is 1. The highest BCUT2D eigenvalue weighted by atomic mass is 35.5.